The van der Waals surface area contributed by atoms with Gasteiger partial charge in [0, 0.05) is 25.0 Å². The highest BCUT2D eigenvalue weighted by atomic mass is 16.2. The quantitative estimate of drug-likeness (QED) is 0.625. The summed E-state index contributed by atoms with van der Waals surface area (Å²) in [4.78, 5) is 50.8. The molecule has 164 valence electrons. The number of nitrogens with two attached hydrogens (primary N) is 1. The van der Waals surface area contributed by atoms with Gasteiger partial charge in [-0.3, -0.25) is 29.4 Å². The van der Waals surface area contributed by atoms with E-state index in [0.29, 0.717) is 35.2 Å². The van der Waals surface area contributed by atoms with Crippen molar-refractivity contribution in [1.82, 2.24) is 15.5 Å². The third-order valence-corrected chi connectivity index (χ3v) is 7.57. The van der Waals surface area contributed by atoms with Crippen LogP contribution in [-0.4, -0.2) is 46.7 Å². The molecule has 5 rings (SSSR count). The lowest BCUT2D eigenvalue weighted by Crippen LogP contribution is -2.54. The van der Waals surface area contributed by atoms with E-state index in [0.717, 1.165) is 36.1 Å². The summed E-state index contributed by atoms with van der Waals surface area (Å²) in [5.74, 6) is -1.87. The Bertz CT molecular complexity index is 958. The van der Waals surface area contributed by atoms with Gasteiger partial charge >= 0.3 is 0 Å². The first kappa shape index (κ1) is 20.3. The Kier molecular flexibility index (Phi) is 4.94. The lowest BCUT2D eigenvalue weighted by molar-refractivity contribution is -0.136. The third kappa shape index (κ3) is 3.47. The van der Waals surface area contributed by atoms with E-state index < -0.39 is 23.8 Å². The zero-order chi connectivity index (χ0) is 21.8. The maximum absolute atomic E-state index is 13.2. The van der Waals surface area contributed by atoms with Gasteiger partial charge in [-0.25, -0.2) is 0 Å². The number of hydrogen-bond acceptors (Lipinski definition) is 6. The number of rotatable bonds is 4. The molecule has 0 bridgehead atoms. The predicted octanol–water partition coefficient (Wildman–Crippen LogP) is 1.23. The topological polar surface area (TPSA) is 122 Å². The molecular weight excluding hydrogens is 396 g/mol. The predicted molar refractivity (Wildman–Crippen MR) is 112 cm³/mol. The van der Waals surface area contributed by atoms with Crippen LogP contribution < -0.4 is 16.4 Å². The molecule has 4 amide bonds. The van der Waals surface area contributed by atoms with Gasteiger partial charge in [0.1, 0.15) is 6.04 Å². The van der Waals surface area contributed by atoms with E-state index in [2.05, 4.69) is 10.6 Å². The van der Waals surface area contributed by atoms with Gasteiger partial charge in [-0.05, 0) is 62.0 Å². The summed E-state index contributed by atoms with van der Waals surface area (Å²) in [6, 6.07) is 5.09. The Morgan fingerprint density at radius 2 is 1.81 bits per heavy atom. The van der Waals surface area contributed by atoms with E-state index >= 15 is 0 Å². The van der Waals surface area contributed by atoms with E-state index in [1.807, 2.05) is 6.07 Å². The van der Waals surface area contributed by atoms with Crippen molar-refractivity contribution < 1.29 is 19.2 Å². The standard InChI is InChI=1S/C23H28N4O4/c24-14-10-23(11-14)8-6-15(7-9-23)25-12-13-2-1-3-16-19(13)22(31)27(21(16)30)17-4-5-18(28)26-20(17)29/h1-3,14-15,17,25H,4-12,24H2,(H,26,28,29). The minimum absolute atomic E-state index is 0.117. The second-order valence-electron chi connectivity index (χ2n) is 9.61. The molecule has 0 radical (unpaired) electrons. The molecule has 2 heterocycles. The van der Waals surface area contributed by atoms with Crippen LogP contribution in [0.25, 0.3) is 0 Å². The largest absolute Gasteiger partial charge is 0.328 e. The summed E-state index contributed by atoms with van der Waals surface area (Å²) in [7, 11) is 0. The number of nitrogens with zero attached hydrogens (tertiary/aromatic N) is 1. The van der Waals surface area contributed by atoms with Gasteiger partial charge in [-0.1, -0.05) is 12.1 Å². The van der Waals surface area contributed by atoms with Gasteiger partial charge in [-0.2, -0.15) is 0 Å². The average molecular weight is 425 g/mol. The summed E-state index contributed by atoms with van der Waals surface area (Å²) < 4.78 is 0. The van der Waals surface area contributed by atoms with Crippen LogP contribution in [0.15, 0.2) is 18.2 Å². The van der Waals surface area contributed by atoms with Gasteiger partial charge in [-0.15, -0.1) is 0 Å². The van der Waals surface area contributed by atoms with E-state index in [4.69, 9.17) is 5.73 Å². The fourth-order valence-electron chi connectivity index (χ4n) is 5.88. The molecule has 3 fully saturated rings. The minimum Gasteiger partial charge on any atom is -0.328 e. The Morgan fingerprint density at radius 1 is 1.06 bits per heavy atom. The summed E-state index contributed by atoms with van der Waals surface area (Å²) >= 11 is 0. The van der Waals surface area contributed by atoms with Crippen LogP contribution in [0.2, 0.25) is 0 Å². The van der Waals surface area contributed by atoms with Gasteiger partial charge in [0.25, 0.3) is 11.8 Å². The van der Waals surface area contributed by atoms with Crippen molar-refractivity contribution in [2.45, 2.75) is 76.0 Å². The van der Waals surface area contributed by atoms with E-state index in [-0.39, 0.29) is 18.7 Å². The number of carbonyl (C=O) groups is 4. The van der Waals surface area contributed by atoms with E-state index in [1.165, 1.54) is 12.8 Å². The molecule has 2 aliphatic carbocycles. The Balaban J connectivity index is 1.27. The number of fused-ring (bicyclic) bond motifs is 1. The summed E-state index contributed by atoms with van der Waals surface area (Å²) in [5.41, 5.74) is 7.93. The lowest BCUT2D eigenvalue weighted by Gasteiger charge is -2.50. The van der Waals surface area contributed by atoms with Crippen molar-refractivity contribution in [3.05, 3.63) is 34.9 Å². The zero-order valence-electron chi connectivity index (χ0n) is 17.5. The fraction of sp³-hybridized carbons (Fsp3) is 0.565. The molecule has 4 aliphatic rings. The molecule has 1 unspecified atom stereocenters. The first-order valence-electron chi connectivity index (χ1n) is 11.2. The number of nitrogens with one attached hydrogen (secondary N) is 2. The highest BCUT2D eigenvalue weighted by Crippen LogP contribution is 2.50. The van der Waals surface area contributed by atoms with Gasteiger partial charge in [0.2, 0.25) is 11.8 Å². The number of benzene rings is 1. The molecule has 2 aliphatic heterocycles. The number of hydrogen-bond donors (Lipinski definition) is 3. The second kappa shape index (κ2) is 7.53. The number of imide groups is 2. The van der Waals surface area contributed by atoms with E-state index in [1.54, 1.807) is 12.1 Å². The number of carbonyl (C=O) groups excluding carboxylic acids is 4. The van der Waals surface area contributed by atoms with Crippen LogP contribution >= 0.6 is 0 Å². The Hall–Kier alpha value is -2.58. The molecule has 1 saturated heterocycles. The molecule has 1 aromatic carbocycles. The Labute approximate surface area is 180 Å². The monoisotopic (exact) mass is 424 g/mol. The molecular formula is C23H28N4O4. The van der Waals surface area contributed by atoms with Crippen LogP contribution in [0, 0.1) is 5.41 Å². The van der Waals surface area contributed by atoms with Crippen molar-refractivity contribution in [1.29, 1.82) is 0 Å². The highest BCUT2D eigenvalue weighted by Gasteiger charge is 2.46. The molecule has 1 aromatic rings. The van der Waals surface area contributed by atoms with Crippen LogP contribution in [0.4, 0.5) is 0 Å². The van der Waals surface area contributed by atoms with E-state index in [9.17, 15) is 19.2 Å². The SMILES string of the molecule is NC1CC2(CCC(NCc3cccc4c3C(=O)N(C3CCC(=O)NC3=O)C4=O)CC2)C1. The van der Waals surface area contributed by atoms with Crippen LogP contribution in [-0.2, 0) is 16.1 Å². The molecule has 0 aromatic heterocycles. The van der Waals surface area contributed by atoms with Crippen LogP contribution in [0.5, 0.6) is 0 Å². The summed E-state index contributed by atoms with van der Waals surface area (Å²) in [6.45, 7) is 0.503. The number of amides is 4. The summed E-state index contributed by atoms with van der Waals surface area (Å²) in [5, 5.41) is 5.80. The first-order chi connectivity index (χ1) is 14.9. The average Bonchev–Trinajstić information content (AvgIpc) is 2.98. The normalized spacial score (nSPS) is 32.8. The third-order valence-electron chi connectivity index (χ3n) is 7.57. The minimum atomic E-state index is -0.936. The van der Waals surface area contributed by atoms with Gasteiger partial charge in [0.05, 0.1) is 11.1 Å². The maximum Gasteiger partial charge on any atom is 0.262 e. The number of piperidine rings is 1. The molecule has 4 N–H and O–H groups in total. The van der Waals surface area contributed by atoms with Crippen molar-refractivity contribution >= 4 is 23.6 Å². The first-order valence-corrected chi connectivity index (χ1v) is 11.2. The van der Waals surface area contributed by atoms with Gasteiger partial charge < -0.3 is 11.1 Å². The molecule has 1 spiro atoms. The van der Waals surface area contributed by atoms with Crippen molar-refractivity contribution in [3.8, 4) is 0 Å². The maximum atomic E-state index is 13.2. The zero-order valence-corrected chi connectivity index (χ0v) is 17.5. The Morgan fingerprint density at radius 3 is 2.48 bits per heavy atom. The highest BCUT2D eigenvalue weighted by molar-refractivity contribution is 6.24. The second-order valence-corrected chi connectivity index (χ2v) is 9.61. The molecule has 1 atom stereocenters. The van der Waals surface area contributed by atoms with Crippen LogP contribution in [0.1, 0.15) is 77.6 Å². The fourth-order valence-corrected chi connectivity index (χ4v) is 5.88. The van der Waals surface area contributed by atoms with Gasteiger partial charge in [0.15, 0.2) is 0 Å². The molecule has 8 heteroatoms. The van der Waals surface area contributed by atoms with Crippen molar-refractivity contribution in [3.63, 3.8) is 0 Å². The van der Waals surface area contributed by atoms with Crippen molar-refractivity contribution in [2.24, 2.45) is 11.1 Å². The molecule has 2 saturated carbocycles. The summed E-state index contributed by atoms with van der Waals surface area (Å²) in [6.07, 6.45) is 7.12. The molecule has 31 heavy (non-hydrogen) atoms. The smallest absolute Gasteiger partial charge is 0.262 e. The van der Waals surface area contributed by atoms with Crippen LogP contribution in [0.3, 0.4) is 0 Å². The lowest BCUT2D eigenvalue weighted by atomic mass is 9.58. The molecule has 8 nitrogen and oxygen atoms in total. The van der Waals surface area contributed by atoms with Crippen molar-refractivity contribution in [2.75, 3.05) is 0 Å².